The van der Waals surface area contributed by atoms with Crippen molar-refractivity contribution in [2.24, 2.45) is 5.92 Å². The van der Waals surface area contributed by atoms with Crippen molar-refractivity contribution in [3.8, 4) is 0 Å². The number of amides is 1. The van der Waals surface area contributed by atoms with Gasteiger partial charge < -0.3 is 10.6 Å². The first-order chi connectivity index (χ1) is 8.79. The standard InChI is InChI=1S/C14H24N2OS.ClH/c17-14(15-9-13-2-1-5-18-13)8-10-6-11-3-4-12(7-10)16-11;/h10-13,16H,1-9H2,(H,15,17);1H. The lowest BCUT2D eigenvalue weighted by Crippen LogP contribution is -2.40. The fourth-order valence-corrected chi connectivity index (χ4v) is 4.91. The van der Waals surface area contributed by atoms with Crippen molar-refractivity contribution in [3.05, 3.63) is 0 Å². The number of hydrogen-bond donors (Lipinski definition) is 2. The first kappa shape index (κ1) is 15.5. The number of piperidine rings is 1. The number of hydrogen-bond acceptors (Lipinski definition) is 3. The lowest BCUT2D eigenvalue weighted by atomic mass is 9.89. The first-order valence-corrected chi connectivity index (χ1v) is 8.49. The van der Waals surface area contributed by atoms with Gasteiger partial charge in [0.05, 0.1) is 0 Å². The van der Waals surface area contributed by atoms with Crippen molar-refractivity contribution in [2.75, 3.05) is 12.3 Å². The van der Waals surface area contributed by atoms with Crippen molar-refractivity contribution in [3.63, 3.8) is 0 Å². The second-order valence-electron chi connectivity index (χ2n) is 6.12. The van der Waals surface area contributed by atoms with Crippen molar-refractivity contribution in [1.82, 2.24) is 10.6 Å². The molecule has 3 atom stereocenters. The maximum Gasteiger partial charge on any atom is 0.220 e. The molecule has 0 aromatic carbocycles. The number of thioether (sulfide) groups is 1. The molecular formula is C14H25ClN2OS. The molecule has 0 aromatic rings. The summed E-state index contributed by atoms with van der Waals surface area (Å²) < 4.78 is 0. The summed E-state index contributed by atoms with van der Waals surface area (Å²) in [5, 5.41) is 7.46. The molecule has 1 amide bonds. The number of carbonyl (C=O) groups is 1. The SMILES string of the molecule is Cl.O=C(CC1CC2CCC(C1)N2)NCC1CCCS1. The van der Waals surface area contributed by atoms with Crippen LogP contribution in [0.4, 0.5) is 0 Å². The van der Waals surface area contributed by atoms with Gasteiger partial charge in [-0.2, -0.15) is 11.8 Å². The first-order valence-electron chi connectivity index (χ1n) is 7.44. The summed E-state index contributed by atoms with van der Waals surface area (Å²) in [6.45, 7) is 0.890. The highest BCUT2D eigenvalue weighted by atomic mass is 35.5. The number of halogens is 1. The Hall–Kier alpha value is 0.0700. The summed E-state index contributed by atoms with van der Waals surface area (Å²) >= 11 is 2.02. The Bertz CT molecular complexity index is 298. The van der Waals surface area contributed by atoms with Crippen LogP contribution in [0.5, 0.6) is 0 Å². The Morgan fingerprint density at radius 1 is 1.21 bits per heavy atom. The van der Waals surface area contributed by atoms with E-state index in [2.05, 4.69) is 10.6 Å². The number of nitrogens with one attached hydrogen (secondary N) is 2. The van der Waals surface area contributed by atoms with E-state index >= 15 is 0 Å². The van der Waals surface area contributed by atoms with Crippen LogP contribution < -0.4 is 10.6 Å². The summed E-state index contributed by atoms with van der Waals surface area (Å²) in [7, 11) is 0. The molecule has 5 heteroatoms. The fraction of sp³-hybridized carbons (Fsp3) is 0.929. The zero-order valence-electron chi connectivity index (χ0n) is 11.4. The van der Waals surface area contributed by atoms with Crippen molar-refractivity contribution in [2.45, 2.75) is 62.3 Å². The fourth-order valence-electron chi connectivity index (χ4n) is 3.71. The minimum atomic E-state index is 0. The Morgan fingerprint density at radius 2 is 1.95 bits per heavy atom. The molecule has 110 valence electrons. The van der Waals surface area contributed by atoms with Crippen LogP contribution in [0.2, 0.25) is 0 Å². The van der Waals surface area contributed by atoms with Gasteiger partial charge in [-0.25, -0.2) is 0 Å². The summed E-state index contributed by atoms with van der Waals surface area (Å²) in [5.41, 5.74) is 0. The topological polar surface area (TPSA) is 41.1 Å². The largest absolute Gasteiger partial charge is 0.355 e. The molecule has 0 spiro atoms. The average Bonchev–Trinajstić information content (AvgIpc) is 2.97. The lowest BCUT2D eigenvalue weighted by molar-refractivity contribution is -0.122. The second-order valence-corrected chi connectivity index (χ2v) is 7.53. The zero-order chi connectivity index (χ0) is 12.4. The normalized spacial score (nSPS) is 36.8. The number of fused-ring (bicyclic) bond motifs is 2. The van der Waals surface area contributed by atoms with Gasteiger partial charge in [-0.15, -0.1) is 12.4 Å². The van der Waals surface area contributed by atoms with E-state index in [0.717, 1.165) is 13.0 Å². The molecule has 0 aromatic heterocycles. The van der Waals surface area contributed by atoms with Crippen molar-refractivity contribution >= 4 is 30.1 Å². The summed E-state index contributed by atoms with van der Waals surface area (Å²) in [4.78, 5) is 12.0. The van der Waals surface area contributed by atoms with Crippen LogP contribution >= 0.6 is 24.2 Å². The third-order valence-corrected chi connectivity index (χ3v) is 5.99. The van der Waals surface area contributed by atoms with E-state index in [4.69, 9.17) is 0 Å². The molecule has 3 unspecified atom stereocenters. The molecule has 3 aliphatic heterocycles. The summed E-state index contributed by atoms with van der Waals surface area (Å²) in [5.74, 6) is 2.19. The van der Waals surface area contributed by atoms with Gasteiger partial charge in [-0.3, -0.25) is 4.79 Å². The van der Waals surface area contributed by atoms with E-state index < -0.39 is 0 Å². The Balaban J connectivity index is 0.00000133. The van der Waals surface area contributed by atoms with Gasteiger partial charge in [-0.1, -0.05) is 0 Å². The van der Waals surface area contributed by atoms with Crippen molar-refractivity contribution < 1.29 is 4.79 Å². The van der Waals surface area contributed by atoms with E-state index in [1.807, 2.05) is 11.8 Å². The molecule has 3 rings (SSSR count). The Kier molecular flexibility index (Phi) is 5.85. The van der Waals surface area contributed by atoms with Gasteiger partial charge in [0.2, 0.25) is 5.91 Å². The predicted octanol–water partition coefficient (Wildman–Crippen LogP) is 2.34. The van der Waals surface area contributed by atoms with Gasteiger partial charge in [0.25, 0.3) is 0 Å². The number of rotatable bonds is 4. The zero-order valence-corrected chi connectivity index (χ0v) is 13.0. The highest BCUT2D eigenvalue weighted by Crippen LogP contribution is 2.32. The van der Waals surface area contributed by atoms with E-state index in [9.17, 15) is 4.79 Å². The highest BCUT2D eigenvalue weighted by molar-refractivity contribution is 8.00. The molecule has 2 bridgehead atoms. The maximum absolute atomic E-state index is 12.0. The van der Waals surface area contributed by atoms with Crippen molar-refractivity contribution in [1.29, 1.82) is 0 Å². The van der Waals surface area contributed by atoms with Gasteiger partial charge >= 0.3 is 0 Å². The lowest BCUT2D eigenvalue weighted by Gasteiger charge is -2.28. The van der Waals surface area contributed by atoms with Gasteiger partial charge in [0.15, 0.2) is 0 Å². The number of carbonyl (C=O) groups excluding carboxylic acids is 1. The molecule has 19 heavy (non-hydrogen) atoms. The van der Waals surface area contributed by atoms with Crippen LogP contribution in [0.15, 0.2) is 0 Å². The monoisotopic (exact) mass is 304 g/mol. The van der Waals surface area contributed by atoms with Crippen LogP contribution in [-0.2, 0) is 4.79 Å². The molecule has 0 saturated carbocycles. The van der Waals surface area contributed by atoms with E-state index in [1.165, 1.54) is 44.3 Å². The van der Waals surface area contributed by atoms with E-state index in [-0.39, 0.29) is 18.3 Å². The third kappa shape index (κ3) is 4.27. The molecule has 3 nitrogen and oxygen atoms in total. The van der Waals surface area contributed by atoms with E-state index in [1.54, 1.807) is 0 Å². The molecule has 3 aliphatic rings. The van der Waals surface area contributed by atoms with E-state index in [0.29, 0.717) is 23.3 Å². The predicted molar refractivity (Wildman–Crippen MR) is 83.0 cm³/mol. The highest BCUT2D eigenvalue weighted by Gasteiger charge is 2.34. The quantitative estimate of drug-likeness (QED) is 0.837. The minimum Gasteiger partial charge on any atom is -0.355 e. The summed E-state index contributed by atoms with van der Waals surface area (Å²) in [6, 6.07) is 1.40. The van der Waals surface area contributed by atoms with Crippen LogP contribution in [0.3, 0.4) is 0 Å². The smallest absolute Gasteiger partial charge is 0.220 e. The Morgan fingerprint density at radius 3 is 2.58 bits per heavy atom. The van der Waals surface area contributed by atoms with Crippen LogP contribution in [0.1, 0.15) is 44.9 Å². The molecular weight excluding hydrogens is 280 g/mol. The van der Waals surface area contributed by atoms with Gasteiger partial charge in [0.1, 0.15) is 0 Å². The minimum absolute atomic E-state index is 0. The molecule has 3 saturated heterocycles. The molecule has 0 radical (unpaired) electrons. The average molecular weight is 305 g/mol. The summed E-state index contributed by atoms with van der Waals surface area (Å²) in [6.07, 6.45) is 8.42. The molecule has 0 aliphatic carbocycles. The maximum atomic E-state index is 12.0. The van der Waals surface area contributed by atoms with Gasteiger partial charge in [-0.05, 0) is 50.2 Å². The molecule has 2 N–H and O–H groups in total. The molecule has 3 fully saturated rings. The third-order valence-electron chi connectivity index (χ3n) is 4.60. The van der Waals surface area contributed by atoms with Crippen LogP contribution in [-0.4, -0.2) is 35.5 Å². The molecule has 3 heterocycles. The Labute approximate surface area is 126 Å². The second kappa shape index (κ2) is 7.19. The van der Waals surface area contributed by atoms with Crippen LogP contribution in [0, 0.1) is 5.92 Å². The van der Waals surface area contributed by atoms with Gasteiger partial charge in [0, 0.05) is 30.3 Å². The van der Waals surface area contributed by atoms with Crippen LogP contribution in [0.25, 0.3) is 0 Å².